The quantitative estimate of drug-likeness (QED) is 0.224. The summed E-state index contributed by atoms with van der Waals surface area (Å²) in [6, 6.07) is 53.1. The summed E-state index contributed by atoms with van der Waals surface area (Å²) in [5, 5.41) is 0. The molecule has 0 saturated carbocycles. The Labute approximate surface area is 233 Å². The molecule has 0 bridgehead atoms. The van der Waals surface area contributed by atoms with Gasteiger partial charge in [0.2, 0.25) is 0 Å². The Balaban J connectivity index is 1.24. The highest BCUT2D eigenvalue weighted by Gasteiger charge is 2.21. The minimum Gasteiger partial charge on any atom is -0.455 e. The van der Waals surface area contributed by atoms with Crippen LogP contribution in [-0.4, -0.2) is 0 Å². The molecule has 186 valence electrons. The summed E-state index contributed by atoms with van der Waals surface area (Å²) < 4.78 is 6.23. The van der Waals surface area contributed by atoms with Crippen molar-refractivity contribution in [1.29, 1.82) is 0 Å². The van der Waals surface area contributed by atoms with E-state index < -0.39 is 0 Å². The molecule has 0 aromatic heterocycles. The van der Waals surface area contributed by atoms with E-state index in [-0.39, 0.29) is 0 Å². The Morgan fingerprint density at radius 2 is 0.949 bits per heavy atom. The molecule has 6 aromatic rings. The van der Waals surface area contributed by atoms with Crippen LogP contribution in [0.5, 0.6) is 11.5 Å². The van der Waals surface area contributed by atoms with Crippen molar-refractivity contribution in [3.8, 4) is 33.8 Å². The monoisotopic (exact) mass is 519 g/mol. The predicted molar refractivity (Wildman–Crippen MR) is 163 cm³/mol. The van der Waals surface area contributed by atoms with Crippen LogP contribution in [0, 0.1) is 0 Å². The van der Waals surface area contributed by atoms with E-state index in [9.17, 15) is 0 Å². The summed E-state index contributed by atoms with van der Waals surface area (Å²) in [5.41, 5.74) is 8.11. The number of nitrogens with zero attached hydrogens (tertiary/aromatic N) is 1. The van der Waals surface area contributed by atoms with Crippen molar-refractivity contribution in [3.63, 3.8) is 0 Å². The fourth-order valence-electron chi connectivity index (χ4n) is 5.02. The summed E-state index contributed by atoms with van der Waals surface area (Å²) in [7, 11) is 0. The molecule has 6 aromatic carbocycles. The molecule has 0 saturated heterocycles. The number of rotatable bonds is 5. The number of anilines is 3. The van der Waals surface area contributed by atoms with Crippen molar-refractivity contribution in [2.24, 2.45) is 0 Å². The van der Waals surface area contributed by atoms with Crippen LogP contribution in [-0.2, 0) is 0 Å². The number of para-hydroxylation sites is 2. The average Bonchev–Trinajstić information content (AvgIpc) is 3.02. The summed E-state index contributed by atoms with van der Waals surface area (Å²) in [6.45, 7) is 0. The maximum atomic E-state index is 6.23. The molecule has 3 heteroatoms. The molecule has 0 N–H and O–H groups in total. The zero-order valence-electron chi connectivity index (χ0n) is 21.2. The first-order valence-corrected chi connectivity index (χ1v) is 13.8. The van der Waals surface area contributed by atoms with Gasteiger partial charge in [0.25, 0.3) is 0 Å². The Bertz CT molecular complexity index is 1730. The molecule has 0 amide bonds. The Hall–Kier alpha value is -4.73. The molecule has 39 heavy (non-hydrogen) atoms. The molecular weight excluding hydrogens is 494 g/mol. The summed E-state index contributed by atoms with van der Waals surface area (Å²) in [5.74, 6) is 1.82. The molecular formula is C36H25NOS. The molecule has 1 aliphatic rings. The van der Waals surface area contributed by atoms with Gasteiger partial charge in [0.05, 0.1) is 9.79 Å². The zero-order valence-corrected chi connectivity index (χ0v) is 22.0. The highest BCUT2D eigenvalue weighted by molar-refractivity contribution is 7.99. The van der Waals surface area contributed by atoms with E-state index in [1.165, 1.54) is 22.3 Å². The van der Waals surface area contributed by atoms with E-state index >= 15 is 0 Å². The molecule has 0 spiro atoms. The van der Waals surface area contributed by atoms with Gasteiger partial charge in [-0.15, -0.1) is 0 Å². The van der Waals surface area contributed by atoms with Gasteiger partial charge in [-0.1, -0.05) is 109 Å². The third-order valence-electron chi connectivity index (χ3n) is 6.94. The summed E-state index contributed by atoms with van der Waals surface area (Å²) >= 11 is 1.77. The van der Waals surface area contributed by atoms with Crippen LogP contribution in [0.3, 0.4) is 0 Å². The lowest BCUT2D eigenvalue weighted by molar-refractivity contribution is 0.455. The highest BCUT2D eigenvalue weighted by atomic mass is 32.2. The first-order chi connectivity index (χ1) is 19.3. The van der Waals surface area contributed by atoms with Gasteiger partial charge in [-0.05, 0) is 76.9 Å². The van der Waals surface area contributed by atoms with E-state index in [1.807, 2.05) is 18.2 Å². The molecule has 0 atom stereocenters. The van der Waals surface area contributed by atoms with Crippen molar-refractivity contribution >= 4 is 28.8 Å². The van der Waals surface area contributed by atoms with Gasteiger partial charge in [-0.25, -0.2) is 0 Å². The lowest BCUT2D eigenvalue weighted by Gasteiger charge is -2.26. The van der Waals surface area contributed by atoms with E-state index in [0.717, 1.165) is 38.4 Å². The fraction of sp³-hybridized carbons (Fsp3) is 0. The Morgan fingerprint density at radius 3 is 1.67 bits per heavy atom. The van der Waals surface area contributed by atoms with E-state index in [1.54, 1.807) is 11.8 Å². The van der Waals surface area contributed by atoms with Gasteiger partial charge in [0.1, 0.15) is 11.5 Å². The van der Waals surface area contributed by atoms with Crippen molar-refractivity contribution in [3.05, 3.63) is 152 Å². The topological polar surface area (TPSA) is 12.5 Å². The maximum Gasteiger partial charge on any atom is 0.142 e. The van der Waals surface area contributed by atoms with Crippen molar-refractivity contribution < 1.29 is 4.74 Å². The SMILES string of the molecule is c1ccc(-c2ccc(N(c3ccccc3)c3ccc(-c4cccc5c4Sc4ccccc4O5)cc3)cc2)cc1. The molecule has 7 rings (SSSR count). The molecule has 0 radical (unpaired) electrons. The van der Waals surface area contributed by atoms with Crippen molar-refractivity contribution in [2.75, 3.05) is 4.90 Å². The molecule has 0 unspecified atom stereocenters. The maximum absolute atomic E-state index is 6.23. The van der Waals surface area contributed by atoms with Gasteiger partial charge in [0, 0.05) is 17.1 Å². The largest absolute Gasteiger partial charge is 0.455 e. The van der Waals surface area contributed by atoms with Crippen LogP contribution in [0.25, 0.3) is 22.3 Å². The number of hydrogen-bond donors (Lipinski definition) is 0. The van der Waals surface area contributed by atoms with Gasteiger partial charge in [0.15, 0.2) is 0 Å². The molecule has 2 nitrogen and oxygen atoms in total. The van der Waals surface area contributed by atoms with Crippen LogP contribution in [0.1, 0.15) is 0 Å². The minimum atomic E-state index is 0.907. The molecule has 1 heterocycles. The van der Waals surface area contributed by atoms with Crippen molar-refractivity contribution in [1.82, 2.24) is 0 Å². The number of hydrogen-bond acceptors (Lipinski definition) is 3. The Morgan fingerprint density at radius 1 is 0.410 bits per heavy atom. The zero-order chi connectivity index (χ0) is 26.0. The lowest BCUT2D eigenvalue weighted by Crippen LogP contribution is -2.09. The second-order valence-electron chi connectivity index (χ2n) is 9.41. The molecule has 0 fully saturated rings. The third-order valence-corrected chi connectivity index (χ3v) is 8.13. The highest BCUT2D eigenvalue weighted by Crippen LogP contribution is 2.50. The first-order valence-electron chi connectivity index (χ1n) is 13.0. The van der Waals surface area contributed by atoms with Gasteiger partial charge in [-0.3, -0.25) is 0 Å². The standard InChI is InChI=1S/C36H25NOS/c1-3-10-26(11-4-1)27-18-22-30(23-19-27)37(29-12-5-2-6-13-29)31-24-20-28(21-25-31)32-14-9-16-34-36(32)39-35-17-8-7-15-33(35)38-34/h1-25H. The third kappa shape index (κ3) is 4.58. The Kier molecular flexibility index (Phi) is 6.12. The fourth-order valence-corrected chi connectivity index (χ4v) is 6.11. The van der Waals surface area contributed by atoms with Gasteiger partial charge in [-0.2, -0.15) is 0 Å². The van der Waals surface area contributed by atoms with E-state index in [4.69, 9.17) is 4.74 Å². The normalized spacial score (nSPS) is 11.7. The van der Waals surface area contributed by atoms with E-state index in [0.29, 0.717) is 0 Å². The molecule has 0 aliphatic carbocycles. The molecule has 1 aliphatic heterocycles. The lowest BCUT2D eigenvalue weighted by atomic mass is 10.0. The van der Waals surface area contributed by atoms with Gasteiger partial charge < -0.3 is 9.64 Å². The average molecular weight is 520 g/mol. The minimum absolute atomic E-state index is 0.907. The van der Waals surface area contributed by atoms with Crippen LogP contribution in [0.2, 0.25) is 0 Å². The smallest absolute Gasteiger partial charge is 0.142 e. The first kappa shape index (κ1) is 23.4. The second-order valence-corrected chi connectivity index (χ2v) is 10.5. The summed E-state index contributed by atoms with van der Waals surface area (Å²) in [4.78, 5) is 4.59. The van der Waals surface area contributed by atoms with Crippen LogP contribution < -0.4 is 9.64 Å². The second kappa shape index (κ2) is 10.2. The summed E-state index contributed by atoms with van der Waals surface area (Å²) in [6.07, 6.45) is 0. The predicted octanol–water partition coefficient (Wildman–Crippen LogP) is 10.7. The van der Waals surface area contributed by atoms with Crippen LogP contribution in [0.4, 0.5) is 17.1 Å². The number of benzene rings is 6. The van der Waals surface area contributed by atoms with E-state index in [2.05, 4.69) is 138 Å². The van der Waals surface area contributed by atoms with Crippen molar-refractivity contribution in [2.45, 2.75) is 9.79 Å². The van der Waals surface area contributed by atoms with Crippen LogP contribution in [0.15, 0.2) is 161 Å². The van der Waals surface area contributed by atoms with Gasteiger partial charge >= 0.3 is 0 Å². The van der Waals surface area contributed by atoms with Crippen LogP contribution >= 0.6 is 11.8 Å². The number of fused-ring (bicyclic) bond motifs is 2. The number of ether oxygens (including phenoxy) is 1.